The molecule has 0 bridgehead atoms. The van der Waals surface area contributed by atoms with Gasteiger partial charge in [-0.15, -0.1) is 0 Å². The number of halogens is 1. The molecule has 0 aliphatic carbocycles. The fraction of sp³-hybridized carbons (Fsp3) is 0.407. The average Bonchev–Trinajstić information content (AvgIpc) is 3.52. The summed E-state index contributed by atoms with van der Waals surface area (Å²) in [6, 6.07) is 9.59. The van der Waals surface area contributed by atoms with Gasteiger partial charge in [-0.3, -0.25) is 9.59 Å². The first-order valence-electron chi connectivity index (χ1n) is 12.2. The van der Waals surface area contributed by atoms with Crippen LogP contribution in [0, 0.1) is 12.8 Å². The fourth-order valence-corrected chi connectivity index (χ4v) is 5.05. The highest BCUT2D eigenvalue weighted by molar-refractivity contribution is 6.32. The summed E-state index contributed by atoms with van der Waals surface area (Å²) < 4.78 is 1.84. The molecule has 1 aromatic carbocycles. The third kappa shape index (κ3) is 5.44. The molecule has 3 aromatic rings. The van der Waals surface area contributed by atoms with Crippen molar-refractivity contribution in [3.05, 3.63) is 71.5 Å². The molecule has 8 nitrogen and oxygen atoms in total. The normalized spacial score (nSPS) is 17.3. The number of aryl methyl sites for hydroxylation is 1. The highest BCUT2D eigenvalue weighted by atomic mass is 35.5. The van der Waals surface area contributed by atoms with Crippen molar-refractivity contribution in [2.45, 2.75) is 51.7 Å². The van der Waals surface area contributed by atoms with Crippen LogP contribution in [0.15, 0.2) is 55.1 Å². The Morgan fingerprint density at radius 1 is 1.19 bits per heavy atom. The van der Waals surface area contributed by atoms with Gasteiger partial charge in [0.2, 0.25) is 11.8 Å². The molecule has 36 heavy (non-hydrogen) atoms. The van der Waals surface area contributed by atoms with E-state index < -0.39 is 18.1 Å². The molecule has 1 aliphatic heterocycles. The minimum Gasteiger partial charge on any atom is -0.394 e. The molecule has 1 fully saturated rings. The number of aliphatic hydroxyl groups excluding tert-OH is 1. The van der Waals surface area contributed by atoms with Crippen LogP contribution in [0.2, 0.25) is 5.15 Å². The van der Waals surface area contributed by atoms with Crippen LogP contribution in [0.4, 0.5) is 0 Å². The number of nitrogens with one attached hydrogen (secondary N) is 1. The zero-order valence-electron chi connectivity index (χ0n) is 20.8. The molecule has 2 amide bonds. The first-order valence-corrected chi connectivity index (χ1v) is 12.6. The maximum absolute atomic E-state index is 13.6. The quantitative estimate of drug-likeness (QED) is 0.448. The first-order chi connectivity index (χ1) is 17.3. The number of aromatic nitrogens is 3. The minimum atomic E-state index is -0.592. The zero-order valence-corrected chi connectivity index (χ0v) is 21.5. The van der Waals surface area contributed by atoms with Gasteiger partial charge in [0.05, 0.1) is 24.7 Å². The fourth-order valence-electron chi connectivity index (χ4n) is 4.82. The standard InChI is InChI=1S/C27H32ClN5O3/c1-17(2)24(32-14-18(3)30-16-32)27(36)33-13-5-7-23(33)26(35)31-22(15-34)20-10-8-19(9-11-20)21-6-4-12-29-25(21)28/h4,6,8-12,14,16-17,22-24,34H,5,7,13,15H2,1-3H3,(H,31,35)/t22-,23-,24-/m0/s1. The molecule has 0 radical (unpaired) electrons. The second-order valence-corrected chi connectivity index (χ2v) is 9.91. The van der Waals surface area contributed by atoms with Crippen LogP contribution < -0.4 is 5.32 Å². The summed E-state index contributed by atoms with van der Waals surface area (Å²) in [6.45, 7) is 6.14. The van der Waals surface area contributed by atoms with Gasteiger partial charge in [-0.25, -0.2) is 9.97 Å². The zero-order chi connectivity index (χ0) is 25.8. The van der Waals surface area contributed by atoms with Crippen LogP contribution in [0.25, 0.3) is 11.1 Å². The van der Waals surface area contributed by atoms with E-state index in [4.69, 9.17) is 11.6 Å². The molecule has 2 N–H and O–H groups in total. The SMILES string of the molecule is Cc1cn([C@H](C(=O)N2CCC[C@H]2C(=O)N[C@@H](CO)c2ccc(-c3cccnc3Cl)cc2)C(C)C)cn1. The molecule has 2 aromatic heterocycles. The van der Waals surface area contributed by atoms with Crippen molar-refractivity contribution >= 4 is 23.4 Å². The third-order valence-electron chi connectivity index (χ3n) is 6.66. The molecule has 1 aliphatic rings. The largest absolute Gasteiger partial charge is 0.394 e. The molecular formula is C27H32ClN5O3. The summed E-state index contributed by atoms with van der Waals surface area (Å²) in [5.41, 5.74) is 3.30. The number of carbonyl (C=O) groups is 2. The van der Waals surface area contributed by atoms with Crippen LogP contribution in [-0.4, -0.2) is 55.5 Å². The number of imidazole rings is 1. The Hall–Kier alpha value is -3.23. The van der Waals surface area contributed by atoms with Gasteiger partial charge in [0, 0.05) is 24.5 Å². The lowest BCUT2D eigenvalue weighted by atomic mass is 10.0. The number of benzene rings is 1. The highest BCUT2D eigenvalue weighted by Gasteiger charge is 2.39. The smallest absolute Gasteiger partial charge is 0.246 e. The second kappa shape index (κ2) is 11.2. The summed E-state index contributed by atoms with van der Waals surface area (Å²) in [5, 5.41) is 13.4. The molecule has 3 heterocycles. The van der Waals surface area contributed by atoms with Crippen LogP contribution in [0.1, 0.15) is 50.0 Å². The Morgan fingerprint density at radius 3 is 2.56 bits per heavy atom. The van der Waals surface area contributed by atoms with Crippen molar-refractivity contribution in [1.29, 1.82) is 0 Å². The van der Waals surface area contributed by atoms with E-state index in [1.807, 2.05) is 67.9 Å². The van der Waals surface area contributed by atoms with E-state index in [1.54, 1.807) is 17.4 Å². The number of aliphatic hydroxyl groups is 1. The maximum atomic E-state index is 13.6. The summed E-state index contributed by atoms with van der Waals surface area (Å²) in [5.74, 6) is -0.311. The maximum Gasteiger partial charge on any atom is 0.246 e. The lowest BCUT2D eigenvalue weighted by Crippen LogP contribution is -2.49. The number of likely N-dealkylation sites (tertiary alicyclic amines) is 1. The number of carbonyl (C=O) groups excluding carboxylic acids is 2. The van der Waals surface area contributed by atoms with Crippen LogP contribution in [0.5, 0.6) is 0 Å². The van der Waals surface area contributed by atoms with Crippen LogP contribution in [0.3, 0.4) is 0 Å². The van der Waals surface area contributed by atoms with Crippen molar-refractivity contribution in [2.75, 3.05) is 13.2 Å². The first kappa shape index (κ1) is 25.9. The topological polar surface area (TPSA) is 100 Å². The number of rotatable bonds is 8. The van der Waals surface area contributed by atoms with Crippen molar-refractivity contribution in [3.8, 4) is 11.1 Å². The Balaban J connectivity index is 1.48. The highest BCUT2D eigenvalue weighted by Crippen LogP contribution is 2.29. The van der Waals surface area contributed by atoms with Gasteiger partial charge in [0.1, 0.15) is 17.2 Å². The molecule has 0 spiro atoms. The van der Waals surface area contributed by atoms with Gasteiger partial charge in [-0.1, -0.05) is 49.7 Å². The van der Waals surface area contributed by atoms with Crippen LogP contribution >= 0.6 is 11.6 Å². The van der Waals surface area contributed by atoms with Gasteiger partial charge >= 0.3 is 0 Å². The molecule has 0 unspecified atom stereocenters. The summed E-state index contributed by atoms with van der Waals surface area (Å²) in [4.78, 5) is 36.9. The summed E-state index contributed by atoms with van der Waals surface area (Å²) in [6.07, 6.45) is 6.50. The minimum absolute atomic E-state index is 0.0347. The monoisotopic (exact) mass is 509 g/mol. The number of pyridine rings is 1. The third-order valence-corrected chi connectivity index (χ3v) is 6.96. The van der Waals surface area contributed by atoms with Crippen molar-refractivity contribution in [3.63, 3.8) is 0 Å². The number of amides is 2. The Kier molecular flexibility index (Phi) is 8.06. The van der Waals surface area contributed by atoms with E-state index in [-0.39, 0.29) is 24.3 Å². The predicted octanol–water partition coefficient (Wildman–Crippen LogP) is 3.94. The number of hydrogen-bond donors (Lipinski definition) is 2. The van der Waals surface area contributed by atoms with Crippen molar-refractivity contribution < 1.29 is 14.7 Å². The van der Waals surface area contributed by atoms with E-state index in [2.05, 4.69) is 15.3 Å². The molecule has 4 rings (SSSR count). The van der Waals surface area contributed by atoms with Gasteiger partial charge in [0.15, 0.2) is 0 Å². The van der Waals surface area contributed by atoms with Crippen molar-refractivity contribution in [1.82, 2.24) is 24.8 Å². The molecule has 0 saturated carbocycles. The molecule has 9 heteroatoms. The van der Waals surface area contributed by atoms with E-state index in [1.165, 1.54) is 0 Å². The van der Waals surface area contributed by atoms with Crippen molar-refractivity contribution in [2.24, 2.45) is 5.92 Å². The van der Waals surface area contributed by atoms with E-state index in [0.29, 0.717) is 18.1 Å². The summed E-state index contributed by atoms with van der Waals surface area (Å²) >= 11 is 6.21. The molecule has 3 atom stereocenters. The lowest BCUT2D eigenvalue weighted by molar-refractivity contribution is -0.142. The van der Waals surface area contributed by atoms with Gasteiger partial charge in [-0.05, 0) is 48.9 Å². The average molecular weight is 510 g/mol. The van der Waals surface area contributed by atoms with E-state index in [0.717, 1.165) is 28.8 Å². The van der Waals surface area contributed by atoms with Gasteiger partial charge in [-0.2, -0.15) is 0 Å². The number of nitrogens with zero attached hydrogens (tertiary/aromatic N) is 4. The number of hydrogen-bond acceptors (Lipinski definition) is 5. The lowest BCUT2D eigenvalue weighted by Gasteiger charge is -2.31. The van der Waals surface area contributed by atoms with E-state index in [9.17, 15) is 14.7 Å². The van der Waals surface area contributed by atoms with Gasteiger partial charge < -0.3 is 19.9 Å². The Labute approximate surface area is 216 Å². The molecule has 190 valence electrons. The van der Waals surface area contributed by atoms with E-state index >= 15 is 0 Å². The Morgan fingerprint density at radius 2 is 1.94 bits per heavy atom. The predicted molar refractivity (Wildman–Crippen MR) is 138 cm³/mol. The Bertz CT molecular complexity index is 1210. The second-order valence-electron chi connectivity index (χ2n) is 9.55. The summed E-state index contributed by atoms with van der Waals surface area (Å²) in [7, 11) is 0. The van der Waals surface area contributed by atoms with Crippen LogP contribution in [-0.2, 0) is 9.59 Å². The molecule has 1 saturated heterocycles. The molecular weight excluding hydrogens is 478 g/mol. The van der Waals surface area contributed by atoms with Gasteiger partial charge in [0.25, 0.3) is 0 Å².